The number of ether oxygens (including phenoxy) is 1. The molecular weight excluding hydrogens is 650 g/mol. The Morgan fingerprint density at radius 3 is 1.96 bits per heavy atom. The zero-order valence-electron chi connectivity index (χ0n) is 25.2. The van der Waals surface area contributed by atoms with E-state index in [4.69, 9.17) is 4.74 Å². The molecule has 12 nitrogen and oxygen atoms in total. The summed E-state index contributed by atoms with van der Waals surface area (Å²) in [6.07, 6.45) is 1.44. The van der Waals surface area contributed by atoms with Crippen molar-refractivity contribution in [2.24, 2.45) is 10.8 Å². The van der Waals surface area contributed by atoms with Crippen LogP contribution in [0.5, 0.6) is 11.5 Å². The predicted octanol–water partition coefficient (Wildman–Crippen LogP) is 7.22. The van der Waals surface area contributed by atoms with Gasteiger partial charge in [0.15, 0.2) is 11.6 Å². The Labute approximate surface area is 267 Å². The van der Waals surface area contributed by atoms with Gasteiger partial charge in [0.25, 0.3) is 5.69 Å². The minimum Gasteiger partial charge on any atom is -0.481 e. The molecule has 1 heterocycles. The lowest BCUT2D eigenvalue weighted by Gasteiger charge is -2.49. The lowest BCUT2D eigenvalue weighted by molar-refractivity contribution is -0.394. The molecule has 5 rings (SSSR count). The lowest BCUT2D eigenvalue weighted by atomic mass is 9.63. The fourth-order valence-electron chi connectivity index (χ4n) is 6.60. The highest BCUT2D eigenvalue weighted by atomic mass is 79.9. The van der Waals surface area contributed by atoms with Crippen LogP contribution in [0.1, 0.15) is 71.3 Å². The fourth-order valence-corrected chi connectivity index (χ4v) is 7.08. The van der Waals surface area contributed by atoms with E-state index in [0.717, 1.165) is 29.6 Å². The average Bonchev–Trinajstić information content (AvgIpc) is 2.91. The van der Waals surface area contributed by atoms with Crippen molar-refractivity contribution in [3.05, 3.63) is 89.2 Å². The minimum absolute atomic E-state index is 0.103. The molecule has 13 heteroatoms. The monoisotopic (exact) mass is 681 g/mol. The number of hydrogen-bond acceptors (Lipinski definition) is 9. The van der Waals surface area contributed by atoms with Gasteiger partial charge >= 0.3 is 11.7 Å². The van der Waals surface area contributed by atoms with Crippen molar-refractivity contribution in [3.8, 4) is 11.5 Å². The Morgan fingerprint density at radius 2 is 1.47 bits per heavy atom. The summed E-state index contributed by atoms with van der Waals surface area (Å²) in [5, 5.41) is 32.3. The molecule has 1 aliphatic heterocycles. The highest BCUT2D eigenvalue weighted by Crippen LogP contribution is 2.55. The standard InChI is InChI=1S/C32H32BrN3O9/c1-31(2)13-21-29(23(37)15-31)28(30-22(34(21)10-9-27(39)40)14-32(3,4)16-24(30)38)17-5-7-25(19(33)11-17)45-26-8-6-18(35(41)42)12-20(26)36(43)44/h5-8,11-12,28H,9-10,13-16H2,1-4H3,(H,39,40). The number of halogens is 1. The summed E-state index contributed by atoms with van der Waals surface area (Å²) in [6.45, 7) is 8.13. The maximum atomic E-state index is 13.9. The van der Waals surface area contributed by atoms with Crippen molar-refractivity contribution in [1.82, 2.24) is 4.90 Å². The van der Waals surface area contributed by atoms with Gasteiger partial charge in [-0.25, -0.2) is 0 Å². The third-order valence-electron chi connectivity index (χ3n) is 8.43. The first-order chi connectivity index (χ1) is 21.0. The molecule has 0 aromatic heterocycles. The van der Waals surface area contributed by atoms with Gasteiger partial charge in [0.2, 0.25) is 5.75 Å². The summed E-state index contributed by atoms with van der Waals surface area (Å²) in [7, 11) is 0. The van der Waals surface area contributed by atoms with Gasteiger partial charge in [0.05, 0.1) is 26.8 Å². The number of non-ortho nitro benzene ring substituents is 1. The van der Waals surface area contributed by atoms with Crippen molar-refractivity contribution < 1.29 is 34.1 Å². The number of nitro benzene ring substituents is 2. The molecule has 0 bridgehead atoms. The first-order valence-corrected chi connectivity index (χ1v) is 15.2. The zero-order valence-corrected chi connectivity index (χ0v) is 26.8. The topological polar surface area (TPSA) is 170 Å². The van der Waals surface area contributed by atoms with Gasteiger partial charge in [-0.3, -0.25) is 34.6 Å². The summed E-state index contributed by atoms with van der Waals surface area (Å²) >= 11 is 3.48. The number of carboxylic acid groups (broad SMARTS) is 1. The van der Waals surface area contributed by atoms with Crippen LogP contribution in [0.3, 0.4) is 0 Å². The Bertz CT molecular complexity index is 1690. The number of rotatable bonds is 8. The van der Waals surface area contributed by atoms with Crippen LogP contribution >= 0.6 is 15.9 Å². The van der Waals surface area contributed by atoms with Gasteiger partial charge < -0.3 is 14.7 Å². The van der Waals surface area contributed by atoms with E-state index < -0.39 is 33.1 Å². The molecule has 0 saturated carbocycles. The molecule has 0 atom stereocenters. The molecule has 0 spiro atoms. The predicted molar refractivity (Wildman–Crippen MR) is 166 cm³/mol. The molecule has 0 fully saturated rings. The normalized spacial score (nSPS) is 19.3. The van der Waals surface area contributed by atoms with Crippen LogP contribution in [0, 0.1) is 31.1 Å². The number of carbonyl (C=O) groups excluding carboxylic acids is 2. The summed E-state index contributed by atoms with van der Waals surface area (Å²) in [5.41, 5.74) is 1.31. The summed E-state index contributed by atoms with van der Waals surface area (Å²) in [4.78, 5) is 62.7. The Kier molecular flexibility index (Phi) is 8.19. The van der Waals surface area contributed by atoms with Crippen LogP contribution in [-0.4, -0.2) is 43.9 Å². The third kappa shape index (κ3) is 6.26. The first-order valence-electron chi connectivity index (χ1n) is 14.4. The van der Waals surface area contributed by atoms with Crippen molar-refractivity contribution in [3.63, 3.8) is 0 Å². The second-order valence-corrected chi connectivity index (χ2v) is 14.1. The van der Waals surface area contributed by atoms with Crippen LogP contribution in [0.15, 0.2) is 63.4 Å². The molecule has 45 heavy (non-hydrogen) atoms. The van der Waals surface area contributed by atoms with Crippen LogP contribution in [-0.2, 0) is 14.4 Å². The largest absolute Gasteiger partial charge is 0.481 e. The number of ketones is 2. The van der Waals surface area contributed by atoms with Crippen molar-refractivity contribution in [2.75, 3.05) is 6.54 Å². The summed E-state index contributed by atoms with van der Waals surface area (Å²) < 4.78 is 6.21. The Balaban J connectivity index is 1.63. The molecule has 2 aliphatic carbocycles. The molecule has 236 valence electrons. The van der Waals surface area contributed by atoms with E-state index in [0.29, 0.717) is 34.0 Å². The SMILES string of the molecule is CC1(C)CC(=O)C2=C(C1)N(CCC(=O)O)C1=C(C(=O)CC(C)(C)C1)C2c1ccc(Oc2ccc([N+](=O)[O-])cc2[N+](=O)[O-])c(Br)c1. The van der Waals surface area contributed by atoms with Gasteiger partial charge in [-0.05, 0) is 63.4 Å². The molecular formula is C32H32BrN3O9. The second-order valence-electron chi connectivity index (χ2n) is 13.3. The summed E-state index contributed by atoms with van der Waals surface area (Å²) in [6, 6.07) is 8.06. The van der Waals surface area contributed by atoms with Crippen molar-refractivity contribution in [1.29, 1.82) is 0 Å². The van der Waals surface area contributed by atoms with Crippen LogP contribution in [0.2, 0.25) is 0 Å². The number of carbonyl (C=O) groups is 3. The van der Waals surface area contributed by atoms with Crippen molar-refractivity contribution in [2.45, 2.75) is 65.7 Å². The lowest BCUT2D eigenvalue weighted by Crippen LogP contribution is -2.45. The van der Waals surface area contributed by atoms with Crippen LogP contribution in [0.25, 0.3) is 0 Å². The van der Waals surface area contributed by atoms with Gasteiger partial charge in [0, 0.05) is 53.9 Å². The van der Waals surface area contributed by atoms with E-state index in [9.17, 15) is 39.7 Å². The van der Waals surface area contributed by atoms with Crippen LogP contribution < -0.4 is 4.74 Å². The van der Waals surface area contributed by atoms with Gasteiger partial charge in [-0.2, -0.15) is 0 Å². The van der Waals surface area contributed by atoms with E-state index in [1.165, 1.54) is 0 Å². The average molecular weight is 683 g/mol. The van der Waals surface area contributed by atoms with Crippen LogP contribution in [0.4, 0.5) is 11.4 Å². The minimum atomic E-state index is -0.975. The van der Waals surface area contributed by atoms with E-state index in [2.05, 4.69) is 15.9 Å². The maximum Gasteiger partial charge on any atom is 0.318 e. The molecule has 2 aromatic carbocycles. The third-order valence-corrected chi connectivity index (χ3v) is 9.05. The van der Waals surface area contributed by atoms with Gasteiger partial charge in [-0.15, -0.1) is 0 Å². The molecule has 0 saturated heterocycles. The number of aliphatic carboxylic acids is 1. The zero-order chi connectivity index (χ0) is 33.0. The number of carboxylic acids is 1. The smallest absolute Gasteiger partial charge is 0.318 e. The van der Waals surface area contributed by atoms with Gasteiger partial charge in [-0.1, -0.05) is 33.8 Å². The Hall–Kier alpha value is -4.39. The van der Waals surface area contributed by atoms with E-state index in [-0.39, 0.29) is 59.7 Å². The second kappa shape index (κ2) is 11.5. The molecule has 3 aliphatic rings. The number of nitro groups is 2. The molecule has 1 N–H and O–H groups in total. The maximum absolute atomic E-state index is 13.9. The van der Waals surface area contributed by atoms with E-state index >= 15 is 0 Å². The number of benzene rings is 2. The molecule has 0 amide bonds. The van der Waals surface area contributed by atoms with Crippen molar-refractivity contribution >= 4 is 44.8 Å². The number of Topliss-reactive ketones (excluding diaryl/α,β-unsaturated/α-hetero) is 2. The van der Waals surface area contributed by atoms with E-state index in [1.807, 2.05) is 32.6 Å². The molecule has 2 aromatic rings. The number of allylic oxidation sites excluding steroid dienone is 4. The molecule has 0 unspecified atom stereocenters. The van der Waals surface area contributed by atoms with E-state index in [1.54, 1.807) is 18.2 Å². The number of hydrogen-bond donors (Lipinski definition) is 1. The fraction of sp³-hybridized carbons (Fsp3) is 0.406. The highest BCUT2D eigenvalue weighted by molar-refractivity contribution is 9.10. The summed E-state index contributed by atoms with van der Waals surface area (Å²) in [5.74, 6) is -1.89. The Morgan fingerprint density at radius 1 is 0.911 bits per heavy atom. The first kappa shape index (κ1) is 32.0. The van der Waals surface area contributed by atoms with Gasteiger partial charge in [0.1, 0.15) is 5.75 Å². The highest BCUT2D eigenvalue weighted by Gasteiger charge is 2.49. The molecule has 0 radical (unpaired) electrons. The number of nitrogens with zero attached hydrogens (tertiary/aromatic N) is 3. The quantitative estimate of drug-likeness (QED) is 0.222.